The Morgan fingerprint density at radius 3 is 2.76 bits per heavy atom. The third kappa shape index (κ3) is 5.40. The molecular weight excluding hydrogens is 362 g/mol. The lowest BCUT2D eigenvalue weighted by Gasteiger charge is -2.42. The van der Waals surface area contributed by atoms with E-state index in [0.717, 1.165) is 43.2 Å². The van der Waals surface area contributed by atoms with Crippen molar-refractivity contribution in [2.24, 2.45) is 22.4 Å². The van der Waals surface area contributed by atoms with Gasteiger partial charge in [-0.15, -0.1) is 0 Å². The summed E-state index contributed by atoms with van der Waals surface area (Å²) in [7, 11) is 0. The zero-order valence-electron chi connectivity index (χ0n) is 18.5. The van der Waals surface area contributed by atoms with Crippen molar-refractivity contribution in [3.63, 3.8) is 0 Å². The number of oxime groups is 1. The molecule has 0 aliphatic heterocycles. The van der Waals surface area contributed by atoms with Gasteiger partial charge in [0.05, 0.1) is 5.71 Å². The molecule has 1 saturated carbocycles. The minimum Gasteiger partial charge on any atom is -0.508 e. The molecule has 0 bridgehead atoms. The fourth-order valence-electron chi connectivity index (χ4n) is 5.07. The van der Waals surface area contributed by atoms with E-state index in [0.29, 0.717) is 11.7 Å². The molecule has 2 aliphatic rings. The molecule has 0 spiro atoms. The zero-order chi connectivity index (χ0) is 21.0. The standard InChI is InChI=1S/C25H37NO3/c1-5-19(26-29-16-24(28)25(2,3)4)11-9-17-7-6-8-23-21(17)13-10-18-15-20(27)12-14-22(18)23/h12,14-15,17,21,23,27H,5-11,13,16H2,1-4H3/b26-19-. The van der Waals surface area contributed by atoms with Crippen LogP contribution in [0.4, 0.5) is 0 Å². The van der Waals surface area contributed by atoms with Crippen LogP contribution in [0.25, 0.3) is 0 Å². The minimum atomic E-state index is -0.382. The van der Waals surface area contributed by atoms with Gasteiger partial charge in [0.2, 0.25) is 0 Å². The lowest BCUT2D eigenvalue weighted by molar-refractivity contribution is -0.131. The number of rotatable bonds is 7. The highest BCUT2D eigenvalue weighted by atomic mass is 16.6. The molecule has 0 saturated heterocycles. The molecule has 1 fully saturated rings. The van der Waals surface area contributed by atoms with Gasteiger partial charge in [0.25, 0.3) is 0 Å². The van der Waals surface area contributed by atoms with Gasteiger partial charge < -0.3 is 9.94 Å². The van der Waals surface area contributed by atoms with Crippen molar-refractivity contribution < 1.29 is 14.7 Å². The Morgan fingerprint density at radius 1 is 1.24 bits per heavy atom. The highest BCUT2D eigenvalue weighted by Gasteiger charge is 2.37. The molecule has 0 aromatic heterocycles. The third-order valence-electron chi connectivity index (χ3n) is 6.92. The largest absolute Gasteiger partial charge is 0.508 e. The molecule has 29 heavy (non-hydrogen) atoms. The van der Waals surface area contributed by atoms with E-state index >= 15 is 0 Å². The lowest BCUT2D eigenvalue weighted by Crippen LogP contribution is -2.31. The molecule has 0 amide bonds. The van der Waals surface area contributed by atoms with Crippen LogP contribution in [-0.4, -0.2) is 23.2 Å². The lowest BCUT2D eigenvalue weighted by atomic mass is 9.62. The van der Waals surface area contributed by atoms with E-state index in [1.165, 1.54) is 36.8 Å². The SMILES string of the molecule is CC/C(CCC1CCCC2c3ccc(O)cc3CCC12)=N/OCC(=O)C(C)(C)C. The number of aromatic hydroxyl groups is 1. The van der Waals surface area contributed by atoms with Crippen molar-refractivity contribution in [2.45, 2.75) is 85.0 Å². The highest BCUT2D eigenvalue weighted by Crippen LogP contribution is 2.49. The first-order valence-corrected chi connectivity index (χ1v) is 11.3. The Bertz CT molecular complexity index is 747. The van der Waals surface area contributed by atoms with Crippen LogP contribution in [0.3, 0.4) is 0 Å². The number of benzene rings is 1. The molecule has 3 unspecified atom stereocenters. The first-order chi connectivity index (χ1) is 13.8. The predicted molar refractivity (Wildman–Crippen MR) is 117 cm³/mol. The maximum absolute atomic E-state index is 12.0. The zero-order valence-corrected chi connectivity index (χ0v) is 18.5. The third-order valence-corrected chi connectivity index (χ3v) is 6.92. The Balaban J connectivity index is 1.58. The smallest absolute Gasteiger partial charge is 0.178 e. The van der Waals surface area contributed by atoms with Crippen LogP contribution >= 0.6 is 0 Å². The number of hydrogen-bond donors (Lipinski definition) is 1. The summed E-state index contributed by atoms with van der Waals surface area (Å²) in [6, 6.07) is 5.97. The Kier molecular flexibility index (Phi) is 7.02. The maximum atomic E-state index is 12.0. The van der Waals surface area contributed by atoms with Gasteiger partial charge in [-0.2, -0.15) is 0 Å². The van der Waals surface area contributed by atoms with Crippen LogP contribution in [0.5, 0.6) is 5.75 Å². The van der Waals surface area contributed by atoms with Crippen LogP contribution in [0.1, 0.15) is 89.7 Å². The summed E-state index contributed by atoms with van der Waals surface area (Å²) < 4.78 is 0. The number of carbonyl (C=O) groups is 1. The second-order valence-corrected chi connectivity index (χ2v) is 9.88. The predicted octanol–water partition coefficient (Wildman–Crippen LogP) is 6.02. The summed E-state index contributed by atoms with van der Waals surface area (Å²) in [6.45, 7) is 7.90. The molecule has 4 heteroatoms. The van der Waals surface area contributed by atoms with Crippen LogP contribution in [0.15, 0.2) is 23.4 Å². The molecule has 3 rings (SSSR count). The summed E-state index contributed by atoms with van der Waals surface area (Å²) in [4.78, 5) is 17.4. The maximum Gasteiger partial charge on any atom is 0.178 e. The number of Topliss-reactive ketones (excluding diaryl/α,β-unsaturated/α-hetero) is 1. The number of ketones is 1. The van der Waals surface area contributed by atoms with Crippen LogP contribution in [0.2, 0.25) is 0 Å². The molecule has 1 N–H and O–H groups in total. The fraction of sp³-hybridized carbons (Fsp3) is 0.680. The average molecular weight is 400 g/mol. The van der Waals surface area contributed by atoms with E-state index in [4.69, 9.17) is 4.84 Å². The highest BCUT2D eigenvalue weighted by molar-refractivity contribution is 5.85. The molecule has 0 radical (unpaired) electrons. The molecule has 0 heterocycles. The van der Waals surface area contributed by atoms with Crippen molar-refractivity contribution in [3.8, 4) is 5.75 Å². The van der Waals surface area contributed by atoms with E-state index in [1.54, 1.807) is 0 Å². The second-order valence-electron chi connectivity index (χ2n) is 9.88. The van der Waals surface area contributed by atoms with Crippen LogP contribution in [-0.2, 0) is 16.1 Å². The van der Waals surface area contributed by atoms with Gasteiger partial charge in [0, 0.05) is 5.41 Å². The molecule has 160 valence electrons. The average Bonchev–Trinajstić information content (AvgIpc) is 2.69. The Labute approximate surface area is 175 Å². The van der Waals surface area contributed by atoms with Crippen LogP contribution < -0.4 is 0 Å². The van der Waals surface area contributed by atoms with Gasteiger partial charge in [-0.1, -0.05) is 51.8 Å². The van der Waals surface area contributed by atoms with E-state index in [1.807, 2.05) is 32.9 Å². The molecule has 3 atom stereocenters. The summed E-state index contributed by atoms with van der Waals surface area (Å²) in [5.41, 5.74) is 3.50. The second kappa shape index (κ2) is 9.32. The van der Waals surface area contributed by atoms with Gasteiger partial charge in [0.1, 0.15) is 5.75 Å². The molecule has 4 nitrogen and oxygen atoms in total. The van der Waals surface area contributed by atoms with Gasteiger partial charge in [-0.25, -0.2) is 0 Å². The van der Waals surface area contributed by atoms with Crippen LogP contribution in [0, 0.1) is 17.3 Å². The van der Waals surface area contributed by atoms with Gasteiger partial charge in [-0.05, 0) is 79.5 Å². The topological polar surface area (TPSA) is 58.9 Å². The number of fused-ring (bicyclic) bond motifs is 3. The van der Waals surface area contributed by atoms with E-state index in [-0.39, 0.29) is 17.8 Å². The Morgan fingerprint density at radius 2 is 2.03 bits per heavy atom. The Hall–Kier alpha value is -1.84. The minimum absolute atomic E-state index is 0.0603. The van der Waals surface area contributed by atoms with Gasteiger partial charge in [-0.3, -0.25) is 4.79 Å². The molecule has 1 aromatic rings. The number of phenols is 1. The summed E-state index contributed by atoms with van der Waals surface area (Å²) in [5, 5.41) is 14.1. The number of phenolic OH excluding ortho intramolecular Hbond substituents is 1. The first kappa shape index (κ1) is 21.9. The normalized spacial score (nSPS) is 24.6. The van der Waals surface area contributed by atoms with Gasteiger partial charge >= 0.3 is 0 Å². The quantitative estimate of drug-likeness (QED) is 0.451. The number of carbonyl (C=O) groups excluding carboxylic acids is 1. The summed E-state index contributed by atoms with van der Waals surface area (Å²) in [6.07, 6.45) is 9.12. The van der Waals surface area contributed by atoms with Crippen molar-refractivity contribution in [1.29, 1.82) is 0 Å². The molecule has 2 aliphatic carbocycles. The first-order valence-electron chi connectivity index (χ1n) is 11.3. The number of hydrogen-bond acceptors (Lipinski definition) is 4. The summed E-state index contributed by atoms with van der Waals surface area (Å²) in [5.74, 6) is 2.58. The summed E-state index contributed by atoms with van der Waals surface area (Å²) >= 11 is 0. The van der Waals surface area contributed by atoms with Crippen molar-refractivity contribution >= 4 is 11.5 Å². The van der Waals surface area contributed by atoms with Crippen molar-refractivity contribution in [2.75, 3.05) is 6.61 Å². The monoisotopic (exact) mass is 399 g/mol. The molecule has 1 aromatic carbocycles. The van der Waals surface area contributed by atoms with Crippen molar-refractivity contribution in [3.05, 3.63) is 29.3 Å². The van der Waals surface area contributed by atoms with E-state index in [2.05, 4.69) is 18.1 Å². The molecular formula is C25H37NO3. The van der Waals surface area contributed by atoms with E-state index < -0.39 is 0 Å². The fourth-order valence-corrected chi connectivity index (χ4v) is 5.07. The number of aryl methyl sites for hydroxylation is 1. The van der Waals surface area contributed by atoms with Crippen molar-refractivity contribution in [1.82, 2.24) is 0 Å². The van der Waals surface area contributed by atoms with Gasteiger partial charge in [0.15, 0.2) is 12.4 Å². The van der Waals surface area contributed by atoms with E-state index in [9.17, 15) is 9.90 Å². The number of nitrogens with zero attached hydrogens (tertiary/aromatic N) is 1.